The number of aromatic nitrogens is 4. The average molecular weight is 264 g/mol. The molecule has 0 aliphatic carbocycles. The van der Waals surface area contributed by atoms with Crippen molar-refractivity contribution in [3.63, 3.8) is 0 Å². The number of aromatic amines is 1. The lowest BCUT2D eigenvalue weighted by Crippen LogP contribution is -1.97. The van der Waals surface area contributed by atoms with E-state index in [4.69, 9.17) is 17.3 Å². The summed E-state index contributed by atoms with van der Waals surface area (Å²) in [6.07, 6.45) is 2.81. The summed E-state index contributed by atoms with van der Waals surface area (Å²) in [7, 11) is 0. The Labute approximate surface area is 106 Å². The molecule has 5 nitrogen and oxygen atoms in total. The molecule has 0 unspecified atom stereocenters. The minimum Gasteiger partial charge on any atom is -0.368 e. The molecule has 3 rings (SSSR count). The minimum absolute atomic E-state index is 0.0829. The average Bonchev–Trinajstić information content (AvgIpc) is 2.81. The third kappa shape index (κ3) is 1.67. The number of benzene rings is 1. The summed E-state index contributed by atoms with van der Waals surface area (Å²) in [5, 5.41) is 0.308. The van der Waals surface area contributed by atoms with Gasteiger partial charge in [-0.1, -0.05) is 11.6 Å². The van der Waals surface area contributed by atoms with E-state index in [-0.39, 0.29) is 11.5 Å². The van der Waals surface area contributed by atoms with Gasteiger partial charge in [-0.3, -0.25) is 0 Å². The molecule has 1 aromatic carbocycles. The van der Waals surface area contributed by atoms with Crippen LogP contribution in [0, 0.1) is 5.82 Å². The van der Waals surface area contributed by atoms with Crippen molar-refractivity contribution in [3.05, 3.63) is 35.5 Å². The van der Waals surface area contributed by atoms with Crippen molar-refractivity contribution < 1.29 is 4.39 Å². The first-order chi connectivity index (χ1) is 8.65. The van der Waals surface area contributed by atoms with Crippen LogP contribution in [0.4, 0.5) is 10.3 Å². The number of nitrogens with two attached hydrogens (primary N) is 1. The van der Waals surface area contributed by atoms with E-state index in [0.717, 1.165) is 0 Å². The number of halogens is 2. The molecule has 0 fully saturated rings. The number of hydrogen-bond acceptors (Lipinski definition) is 4. The highest BCUT2D eigenvalue weighted by molar-refractivity contribution is 6.32. The van der Waals surface area contributed by atoms with Crippen LogP contribution in [0.2, 0.25) is 5.02 Å². The maximum absolute atomic E-state index is 13.8. The fourth-order valence-electron chi connectivity index (χ4n) is 1.73. The Balaban J connectivity index is 2.27. The van der Waals surface area contributed by atoms with Crippen LogP contribution in [-0.2, 0) is 0 Å². The van der Waals surface area contributed by atoms with Crippen molar-refractivity contribution in [2.24, 2.45) is 0 Å². The van der Waals surface area contributed by atoms with Gasteiger partial charge in [0.1, 0.15) is 5.52 Å². The van der Waals surface area contributed by atoms with Crippen LogP contribution in [0.3, 0.4) is 0 Å². The summed E-state index contributed by atoms with van der Waals surface area (Å²) in [6, 6.07) is 3.02. The summed E-state index contributed by atoms with van der Waals surface area (Å²) in [6.45, 7) is 0. The first-order valence-electron chi connectivity index (χ1n) is 5.06. The molecule has 2 aromatic heterocycles. The molecule has 0 bridgehead atoms. The van der Waals surface area contributed by atoms with Crippen LogP contribution in [0.5, 0.6) is 0 Å². The predicted molar refractivity (Wildman–Crippen MR) is 66.5 cm³/mol. The van der Waals surface area contributed by atoms with E-state index < -0.39 is 5.82 Å². The maximum Gasteiger partial charge on any atom is 0.220 e. The maximum atomic E-state index is 13.8. The molecule has 0 spiro atoms. The van der Waals surface area contributed by atoms with E-state index in [0.29, 0.717) is 21.8 Å². The molecule has 0 saturated carbocycles. The zero-order valence-corrected chi connectivity index (χ0v) is 9.74. The summed E-state index contributed by atoms with van der Waals surface area (Å²) < 4.78 is 13.8. The van der Waals surface area contributed by atoms with Gasteiger partial charge in [-0.05, 0) is 12.1 Å². The van der Waals surface area contributed by atoms with Crippen LogP contribution >= 0.6 is 11.6 Å². The first-order valence-corrected chi connectivity index (χ1v) is 5.44. The smallest absolute Gasteiger partial charge is 0.220 e. The van der Waals surface area contributed by atoms with Crippen molar-refractivity contribution in [1.29, 1.82) is 0 Å². The third-order valence-electron chi connectivity index (χ3n) is 2.51. The number of anilines is 1. The molecule has 2 heterocycles. The van der Waals surface area contributed by atoms with E-state index in [2.05, 4.69) is 19.9 Å². The lowest BCUT2D eigenvalue weighted by atomic mass is 10.1. The second-order valence-electron chi connectivity index (χ2n) is 3.68. The van der Waals surface area contributed by atoms with Gasteiger partial charge in [-0.2, -0.15) is 0 Å². The second kappa shape index (κ2) is 3.92. The van der Waals surface area contributed by atoms with Gasteiger partial charge in [0.25, 0.3) is 0 Å². The number of nitrogens with zero attached hydrogens (tertiary/aromatic N) is 3. The molecule has 3 N–H and O–H groups in total. The molecular weight excluding hydrogens is 257 g/mol. The van der Waals surface area contributed by atoms with Crippen molar-refractivity contribution in [3.8, 4) is 11.3 Å². The first kappa shape index (κ1) is 10.9. The molecule has 0 radical (unpaired) electrons. The van der Waals surface area contributed by atoms with E-state index >= 15 is 0 Å². The van der Waals surface area contributed by atoms with E-state index in [1.54, 1.807) is 6.07 Å². The minimum atomic E-state index is -0.447. The quantitative estimate of drug-likeness (QED) is 0.706. The Kier molecular flexibility index (Phi) is 2.38. The van der Waals surface area contributed by atoms with Crippen LogP contribution < -0.4 is 5.73 Å². The lowest BCUT2D eigenvalue weighted by molar-refractivity contribution is 0.637. The summed E-state index contributed by atoms with van der Waals surface area (Å²) >= 11 is 5.98. The van der Waals surface area contributed by atoms with Gasteiger partial charge >= 0.3 is 0 Å². The lowest BCUT2D eigenvalue weighted by Gasteiger charge is -2.04. The summed E-state index contributed by atoms with van der Waals surface area (Å²) in [5.74, 6) is -0.364. The monoisotopic (exact) mass is 263 g/mol. The molecule has 90 valence electrons. The number of hydrogen-bond donors (Lipinski definition) is 2. The number of fused-ring (bicyclic) bond motifs is 1. The molecule has 18 heavy (non-hydrogen) atoms. The summed E-state index contributed by atoms with van der Waals surface area (Å²) in [5.41, 5.74) is 7.25. The Morgan fingerprint density at radius 1 is 1.28 bits per heavy atom. The fraction of sp³-hybridized carbons (Fsp3) is 0. The molecule has 3 aromatic rings. The van der Waals surface area contributed by atoms with Gasteiger partial charge in [0.05, 0.1) is 28.8 Å². The highest BCUT2D eigenvalue weighted by atomic mass is 35.5. The van der Waals surface area contributed by atoms with Crippen molar-refractivity contribution in [2.75, 3.05) is 5.73 Å². The van der Waals surface area contributed by atoms with Crippen LogP contribution in [0.25, 0.3) is 22.3 Å². The standard InChI is InChI=1S/C11H7ClFN5/c12-6-3-15-11(14)18-9(6)5-1-7(13)10-8(2-5)16-4-17-10/h1-4H,(H,16,17)(H2,14,15,18). The second-order valence-corrected chi connectivity index (χ2v) is 4.09. The molecule has 0 aliphatic heterocycles. The van der Waals surface area contributed by atoms with Gasteiger partial charge in [-0.25, -0.2) is 19.3 Å². The van der Waals surface area contributed by atoms with Gasteiger partial charge in [0.2, 0.25) is 5.95 Å². The Morgan fingerprint density at radius 3 is 2.94 bits per heavy atom. The third-order valence-corrected chi connectivity index (χ3v) is 2.79. The van der Waals surface area contributed by atoms with Gasteiger partial charge in [0.15, 0.2) is 5.82 Å². The van der Waals surface area contributed by atoms with E-state index in [1.807, 2.05) is 0 Å². The highest BCUT2D eigenvalue weighted by Gasteiger charge is 2.12. The molecule has 7 heteroatoms. The van der Waals surface area contributed by atoms with Crippen molar-refractivity contribution >= 4 is 28.6 Å². The predicted octanol–water partition coefficient (Wildman–Crippen LogP) is 2.39. The molecule has 0 saturated heterocycles. The fourth-order valence-corrected chi connectivity index (χ4v) is 1.93. The normalized spacial score (nSPS) is 11.0. The number of nitrogens with one attached hydrogen (secondary N) is 1. The van der Waals surface area contributed by atoms with Gasteiger partial charge in [-0.15, -0.1) is 0 Å². The van der Waals surface area contributed by atoms with Crippen LogP contribution in [0.15, 0.2) is 24.7 Å². The van der Waals surface area contributed by atoms with Gasteiger partial charge in [0, 0.05) is 5.56 Å². The molecular formula is C11H7ClFN5. The largest absolute Gasteiger partial charge is 0.368 e. The van der Waals surface area contributed by atoms with Crippen molar-refractivity contribution in [1.82, 2.24) is 19.9 Å². The zero-order chi connectivity index (χ0) is 12.7. The van der Waals surface area contributed by atoms with Crippen LogP contribution in [-0.4, -0.2) is 19.9 Å². The molecule has 0 aliphatic rings. The molecule has 0 atom stereocenters. The Hall–Kier alpha value is -2.21. The highest BCUT2D eigenvalue weighted by Crippen LogP contribution is 2.29. The number of imidazole rings is 1. The van der Waals surface area contributed by atoms with Crippen molar-refractivity contribution in [2.45, 2.75) is 0 Å². The Morgan fingerprint density at radius 2 is 2.11 bits per heavy atom. The van der Waals surface area contributed by atoms with Crippen LogP contribution in [0.1, 0.15) is 0 Å². The zero-order valence-electron chi connectivity index (χ0n) is 8.98. The topological polar surface area (TPSA) is 80.5 Å². The SMILES string of the molecule is Nc1ncc(Cl)c(-c2cc(F)c3nc[nH]c3c2)n1. The number of H-pyrrole nitrogens is 1. The number of nitrogen functional groups attached to an aromatic ring is 1. The molecule has 0 amide bonds. The number of rotatable bonds is 1. The van der Waals surface area contributed by atoms with E-state index in [9.17, 15) is 4.39 Å². The van der Waals surface area contributed by atoms with Gasteiger partial charge < -0.3 is 10.7 Å². The summed E-state index contributed by atoms with van der Waals surface area (Å²) in [4.78, 5) is 14.5. The van der Waals surface area contributed by atoms with E-state index in [1.165, 1.54) is 18.6 Å². The Bertz CT molecular complexity index is 739.